The highest BCUT2D eigenvalue weighted by Gasteiger charge is 2.25. The van der Waals surface area contributed by atoms with Crippen molar-refractivity contribution in [3.63, 3.8) is 0 Å². The Morgan fingerprint density at radius 1 is 0.875 bits per heavy atom. The van der Waals surface area contributed by atoms with E-state index in [0.717, 1.165) is 22.2 Å². The number of carbonyl (C=O) groups is 1. The number of aromatic nitrogens is 1. The zero-order valence-corrected chi connectivity index (χ0v) is 18.1. The third-order valence-corrected chi connectivity index (χ3v) is 6.07. The van der Waals surface area contributed by atoms with Crippen LogP contribution in [0, 0.1) is 5.82 Å². The Morgan fingerprint density at radius 3 is 2.34 bits per heavy atom. The van der Waals surface area contributed by atoms with Crippen LogP contribution in [-0.2, 0) is 0 Å². The quantitative estimate of drug-likeness (QED) is 0.408. The Balaban J connectivity index is 1.47. The fraction of sp³-hybridized carbons (Fsp3) is 0.154. The smallest absolute Gasteiger partial charge is 0.254 e. The molecule has 4 nitrogen and oxygen atoms in total. The second-order valence-electron chi connectivity index (χ2n) is 7.81. The monoisotopic (exact) mass is 445 g/mol. The number of pyridine rings is 1. The fourth-order valence-corrected chi connectivity index (χ4v) is 4.33. The summed E-state index contributed by atoms with van der Waals surface area (Å²) in [6, 6.07) is 23.8. The number of nitrogens with zero attached hydrogens (tertiary/aromatic N) is 3. The van der Waals surface area contributed by atoms with Gasteiger partial charge in [-0.25, -0.2) is 9.37 Å². The molecule has 1 amide bonds. The van der Waals surface area contributed by atoms with E-state index in [2.05, 4.69) is 0 Å². The van der Waals surface area contributed by atoms with Crippen LogP contribution >= 0.6 is 11.6 Å². The molecule has 1 fully saturated rings. The van der Waals surface area contributed by atoms with Crippen molar-refractivity contribution in [1.82, 2.24) is 9.88 Å². The Bertz CT molecular complexity index is 1290. The van der Waals surface area contributed by atoms with E-state index >= 15 is 0 Å². The number of rotatable bonds is 3. The van der Waals surface area contributed by atoms with Crippen molar-refractivity contribution in [3.8, 4) is 11.3 Å². The minimum absolute atomic E-state index is 0.0648. The molecule has 0 spiro atoms. The standard InChI is InChI=1S/C26H21ClFN3O/c27-19-10-11-23-20(16-19)21(17-24(29-23)18-6-2-1-3-7-18)26(32)31-14-12-30(13-15-31)25-9-5-4-8-22(25)28/h1-11,16-17H,12-15H2. The summed E-state index contributed by atoms with van der Waals surface area (Å²) in [7, 11) is 0. The van der Waals surface area contributed by atoms with Crippen molar-refractivity contribution < 1.29 is 9.18 Å². The van der Waals surface area contributed by atoms with E-state index in [1.807, 2.05) is 58.3 Å². The van der Waals surface area contributed by atoms with Gasteiger partial charge >= 0.3 is 0 Å². The Morgan fingerprint density at radius 2 is 1.59 bits per heavy atom. The van der Waals surface area contributed by atoms with Gasteiger partial charge in [0.15, 0.2) is 0 Å². The molecule has 1 aromatic heterocycles. The van der Waals surface area contributed by atoms with Crippen LogP contribution in [0.3, 0.4) is 0 Å². The second-order valence-corrected chi connectivity index (χ2v) is 8.25. The second kappa shape index (κ2) is 8.60. The van der Waals surface area contributed by atoms with Crippen LogP contribution in [0.4, 0.5) is 10.1 Å². The van der Waals surface area contributed by atoms with Crippen molar-refractivity contribution >= 4 is 34.1 Å². The third-order valence-electron chi connectivity index (χ3n) is 5.83. The van der Waals surface area contributed by atoms with Gasteiger partial charge in [-0.2, -0.15) is 0 Å². The molecule has 1 aliphatic rings. The highest BCUT2D eigenvalue weighted by atomic mass is 35.5. The number of halogens is 2. The van der Waals surface area contributed by atoms with Gasteiger partial charge < -0.3 is 9.80 Å². The van der Waals surface area contributed by atoms with Crippen LogP contribution in [0.2, 0.25) is 5.02 Å². The highest BCUT2D eigenvalue weighted by Crippen LogP contribution is 2.29. The van der Waals surface area contributed by atoms with Crippen molar-refractivity contribution in [1.29, 1.82) is 0 Å². The van der Waals surface area contributed by atoms with Crippen LogP contribution in [0.5, 0.6) is 0 Å². The molecule has 3 aromatic carbocycles. The number of fused-ring (bicyclic) bond motifs is 1. The predicted molar refractivity (Wildman–Crippen MR) is 127 cm³/mol. The Labute approximate surface area is 190 Å². The highest BCUT2D eigenvalue weighted by molar-refractivity contribution is 6.31. The molecular weight excluding hydrogens is 425 g/mol. The predicted octanol–water partition coefficient (Wildman–Crippen LogP) is 5.66. The number of piperazine rings is 1. The molecule has 1 saturated heterocycles. The van der Waals surface area contributed by atoms with Gasteiger partial charge in [0, 0.05) is 42.2 Å². The molecule has 0 unspecified atom stereocenters. The van der Waals surface area contributed by atoms with E-state index in [-0.39, 0.29) is 11.7 Å². The van der Waals surface area contributed by atoms with Gasteiger partial charge in [-0.1, -0.05) is 54.1 Å². The molecule has 0 saturated carbocycles. The number of anilines is 1. The lowest BCUT2D eigenvalue weighted by atomic mass is 10.0. The zero-order valence-electron chi connectivity index (χ0n) is 17.3. The molecule has 0 aliphatic carbocycles. The van der Waals surface area contributed by atoms with Crippen LogP contribution in [0.1, 0.15) is 10.4 Å². The minimum atomic E-state index is -0.241. The molecule has 2 heterocycles. The topological polar surface area (TPSA) is 36.4 Å². The van der Waals surface area contributed by atoms with E-state index in [1.165, 1.54) is 6.07 Å². The molecule has 5 rings (SSSR count). The van der Waals surface area contributed by atoms with Crippen molar-refractivity contribution in [2.24, 2.45) is 0 Å². The van der Waals surface area contributed by atoms with E-state index in [1.54, 1.807) is 24.3 Å². The summed E-state index contributed by atoms with van der Waals surface area (Å²) < 4.78 is 14.2. The first kappa shape index (κ1) is 20.5. The molecule has 0 radical (unpaired) electrons. The molecule has 6 heteroatoms. The number of hydrogen-bond acceptors (Lipinski definition) is 3. The molecule has 0 N–H and O–H groups in total. The first-order valence-corrected chi connectivity index (χ1v) is 10.9. The van der Waals surface area contributed by atoms with Gasteiger partial charge in [0.2, 0.25) is 0 Å². The first-order chi connectivity index (χ1) is 15.6. The summed E-state index contributed by atoms with van der Waals surface area (Å²) in [5.41, 5.74) is 3.57. The molecular formula is C26H21ClFN3O. The summed E-state index contributed by atoms with van der Waals surface area (Å²) in [5.74, 6) is -0.306. The maximum atomic E-state index is 14.2. The maximum absolute atomic E-state index is 14.2. The Kier molecular flexibility index (Phi) is 5.50. The van der Waals surface area contributed by atoms with Gasteiger partial charge in [-0.15, -0.1) is 0 Å². The van der Waals surface area contributed by atoms with Crippen molar-refractivity contribution in [2.75, 3.05) is 31.1 Å². The van der Waals surface area contributed by atoms with Crippen LogP contribution in [0.15, 0.2) is 78.9 Å². The average Bonchev–Trinajstić information content (AvgIpc) is 2.84. The largest absolute Gasteiger partial charge is 0.366 e. The number of benzene rings is 3. The number of carbonyl (C=O) groups excluding carboxylic acids is 1. The lowest BCUT2D eigenvalue weighted by Crippen LogP contribution is -2.49. The van der Waals surface area contributed by atoms with Crippen molar-refractivity contribution in [3.05, 3.63) is 95.3 Å². The summed E-state index contributed by atoms with van der Waals surface area (Å²) in [6.45, 7) is 2.17. The van der Waals surface area contributed by atoms with E-state index in [0.29, 0.717) is 42.5 Å². The summed E-state index contributed by atoms with van der Waals surface area (Å²) in [6.07, 6.45) is 0. The third kappa shape index (κ3) is 3.92. The van der Waals surface area contributed by atoms with Crippen LogP contribution < -0.4 is 4.90 Å². The maximum Gasteiger partial charge on any atom is 0.254 e. The van der Waals surface area contributed by atoms with Gasteiger partial charge in [-0.05, 0) is 36.4 Å². The number of para-hydroxylation sites is 1. The van der Waals surface area contributed by atoms with Gasteiger partial charge in [0.1, 0.15) is 5.82 Å². The van der Waals surface area contributed by atoms with E-state index in [9.17, 15) is 9.18 Å². The molecule has 32 heavy (non-hydrogen) atoms. The van der Waals surface area contributed by atoms with Gasteiger partial charge in [0.25, 0.3) is 5.91 Å². The molecule has 160 valence electrons. The first-order valence-electron chi connectivity index (χ1n) is 10.5. The Hall–Kier alpha value is -3.44. The normalized spacial score (nSPS) is 14.1. The summed E-state index contributed by atoms with van der Waals surface area (Å²) >= 11 is 6.24. The molecule has 4 aromatic rings. The average molecular weight is 446 g/mol. The zero-order chi connectivity index (χ0) is 22.1. The van der Waals surface area contributed by atoms with Crippen LogP contribution in [0.25, 0.3) is 22.2 Å². The SMILES string of the molecule is O=C(c1cc(-c2ccccc2)nc2ccc(Cl)cc12)N1CCN(c2ccccc2F)CC1. The van der Waals surface area contributed by atoms with Gasteiger partial charge in [-0.3, -0.25) is 4.79 Å². The van der Waals surface area contributed by atoms with Crippen LogP contribution in [-0.4, -0.2) is 42.0 Å². The van der Waals surface area contributed by atoms with Gasteiger partial charge in [0.05, 0.1) is 22.5 Å². The number of amides is 1. The number of hydrogen-bond donors (Lipinski definition) is 0. The fourth-order valence-electron chi connectivity index (χ4n) is 4.16. The summed E-state index contributed by atoms with van der Waals surface area (Å²) in [5, 5.41) is 1.30. The lowest BCUT2D eigenvalue weighted by Gasteiger charge is -2.36. The van der Waals surface area contributed by atoms with Crippen molar-refractivity contribution in [2.45, 2.75) is 0 Å². The molecule has 0 bridgehead atoms. The molecule has 0 atom stereocenters. The molecule has 1 aliphatic heterocycles. The lowest BCUT2D eigenvalue weighted by molar-refractivity contribution is 0.0748. The van der Waals surface area contributed by atoms with E-state index in [4.69, 9.17) is 16.6 Å². The summed E-state index contributed by atoms with van der Waals surface area (Å²) in [4.78, 5) is 22.1. The minimum Gasteiger partial charge on any atom is -0.366 e. The van der Waals surface area contributed by atoms with E-state index < -0.39 is 0 Å².